The molecule has 0 aliphatic rings. The van der Waals surface area contributed by atoms with Gasteiger partial charge in [0, 0.05) is 62.4 Å². The van der Waals surface area contributed by atoms with E-state index in [0.717, 1.165) is 27.7 Å². The van der Waals surface area contributed by atoms with Crippen LogP contribution in [0.25, 0.3) is 10.9 Å². The molecule has 0 saturated heterocycles. The molecule has 0 spiro atoms. The van der Waals surface area contributed by atoms with Crippen LogP contribution in [-0.4, -0.2) is 9.78 Å². The fraction of sp³-hybridized carbons (Fsp3) is 0.136. The van der Waals surface area contributed by atoms with E-state index in [1.54, 1.807) is 0 Å². The summed E-state index contributed by atoms with van der Waals surface area (Å²) in [6, 6.07) is 17.2. The molecule has 0 N–H and O–H groups in total. The number of hydrogen-bond acceptors (Lipinski definition) is 2. The molecule has 0 radical (unpaired) electrons. The summed E-state index contributed by atoms with van der Waals surface area (Å²) < 4.78 is 1.85. The van der Waals surface area contributed by atoms with E-state index in [-0.39, 0.29) is 0 Å². The van der Waals surface area contributed by atoms with Gasteiger partial charge >= 0.3 is 0 Å². The molecular formula is C22H17Cl4N3. The zero-order chi connectivity index (χ0) is 20.5. The van der Waals surface area contributed by atoms with Gasteiger partial charge in [0.25, 0.3) is 0 Å². The average molecular weight is 465 g/mol. The van der Waals surface area contributed by atoms with E-state index >= 15 is 0 Å². The van der Waals surface area contributed by atoms with Gasteiger partial charge in [-0.15, -0.1) is 0 Å². The zero-order valence-corrected chi connectivity index (χ0v) is 18.6. The van der Waals surface area contributed by atoms with Gasteiger partial charge in [0.15, 0.2) is 0 Å². The standard InChI is InChI=1S/C22H17Cl4N3/c1-28-22-9-8-15(10-14(22)11-27-28)29(12-16-18(23)4-2-5-19(16)24)13-17-20(25)6-3-7-21(17)26/h2-11H,12-13H2,1H3. The number of anilines is 1. The Kier molecular flexibility index (Phi) is 5.93. The Balaban J connectivity index is 1.79. The monoisotopic (exact) mass is 463 g/mol. The molecule has 0 aliphatic heterocycles. The van der Waals surface area contributed by atoms with Gasteiger partial charge in [-0.2, -0.15) is 5.10 Å². The van der Waals surface area contributed by atoms with Gasteiger partial charge in [-0.05, 0) is 42.5 Å². The van der Waals surface area contributed by atoms with E-state index < -0.39 is 0 Å². The van der Waals surface area contributed by atoms with Crippen LogP contribution >= 0.6 is 46.4 Å². The molecule has 3 nitrogen and oxygen atoms in total. The predicted octanol–water partition coefficient (Wildman–Crippen LogP) is 7.39. The molecule has 1 aromatic heterocycles. The van der Waals surface area contributed by atoms with Crippen LogP contribution < -0.4 is 4.90 Å². The third-order valence-electron chi connectivity index (χ3n) is 4.92. The van der Waals surface area contributed by atoms with Crippen LogP contribution in [0, 0.1) is 0 Å². The molecule has 0 fully saturated rings. The van der Waals surface area contributed by atoms with Crippen molar-refractivity contribution >= 4 is 63.0 Å². The average Bonchev–Trinajstić information content (AvgIpc) is 3.06. The lowest BCUT2D eigenvalue weighted by Crippen LogP contribution is -2.23. The fourth-order valence-corrected chi connectivity index (χ4v) is 4.37. The molecule has 0 atom stereocenters. The first-order chi connectivity index (χ1) is 13.9. The highest BCUT2D eigenvalue weighted by Crippen LogP contribution is 2.33. The first-order valence-corrected chi connectivity index (χ1v) is 10.5. The normalized spacial score (nSPS) is 11.2. The van der Waals surface area contributed by atoms with E-state index in [4.69, 9.17) is 46.4 Å². The number of halogens is 4. The number of fused-ring (bicyclic) bond motifs is 1. The molecule has 3 aromatic carbocycles. The second-order valence-corrected chi connectivity index (χ2v) is 8.40. The maximum absolute atomic E-state index is 6.45. The van der Waals surface area contributed by atoms with Gasteiger partial charge in [0.05, 0.1) is 11.7 Å². The molecule has 0 amide bonds. The van der Waals surface area contributed by atoms with Crippen molar-refractivity contribution in [1.82, 2.24) is 9.78 Å². The van der Waals surface area contributed by atoms with Crippen LogP contribution in [0.2, 0.25) is 20.1 Å². The highest BCUT2D eigenvalue weighted by molar-refractivity contribution is 6.36. The van der Waals surface area contributed by atoms with Gasteiger partial charge in [-0.25, -0.2) is 0 Å². The third-order valence-corrected chi connectivity index (χ3v) is 6.33. The Morgan fingerprint density at radius 1 is 0.793 bits per heavy atom. The number of benzene rings is 3. The van der Waals surface area contributed by atoms with Gasteiger partial charge in [-0.3, -0.25) is 4.68 Å². The van der Waals surface area contributed by atoms with Crippen molar-refractivity contribution in [2.75, 3.05) is 4.90 Å². The Hall–Kier alpha value is -1.91. The maximum Gasteiger partial charge on any atom is 0.0680 e. The lowest BCUT2D eigenvalue weighted by Gasteiger charge is -2.27. The summed E-state index contributed by atoms with van der Waals surface area (Å²) in [5.74, 6) is 0. The molecule has 4 rings (SSSR count). The number of hydrogen-bond donors (Lipinski definition) is 0. The van der Waals surface area contributed by atoms with E-state index in [1.165, 1.54) is 0 Å². The van der Waals surface area contributed by atoms with Crippen LogP contribution in [0.15, 0.2) is 60.8 Å². The first kappa shape index (κ1) is 20.4. The Morgan fingerprint density at radius 2 is 1.31 bits per heavy atom. The summed E-state index contributed by atoms with van der Waals surface area (Å²) in [6.45, 7) is 1.01. The number of aryl methyl sites for hydroxylation is 1. The highest BCUT2D eigenvalue weighted by Gasteiger charge is 2.17. The van der Waals surface area contributed by atoms with Gasteiger partial charge in [0.2, 0.25) is 0 Å². The van der Waals surface area contributed by atoms with Crippen molar-refractivity contribution in [3.05, 3.63) is 92.0 Å². The van der Waals surface area contributed by atoms with E-state index in [9.17, 15) is 0 Å². The summed E-state index contributed by atoms with van der Waals surface area (Å²) in [5, 5.41) is 7.86. The molecule has 29 heavy (non-hydrogen) atoms. The van der Waals surface area contributed by atoms with Crippen molar-refractivity contribution in [3.63, 3.8) is 0 Å². The van der Waals surface area contributed by atoms with Gasteiger partial charge in [0.1, 0.15) is 0 Å². The molecule has 7 heteroatoms. The molecule has 0 unspecified atom stereocenters. The molecular weight excluding hydrogens is 448 g/mol. The van der Waals surface area contributed by atoms with Crippen LogP contribution in [0.5, 0.6) is 0 Å². The topological polar surface area (TPSA) is 21.1 Å². The quantitative estimate of drug-likeness (QED) is 0.307. The molecule has 4 aromatic rings. The van der Waals surface area contributed by atoms with E-state index in [2.05, 4.69) is 22.1 Å². The van der Waals surface area contributed by atoms with Gasteiger partial charge in [-0.1, -0.05) is 58.5 Å². The summed E-state index contributed by atoms with van der Waals surface area (Å²) in [5.41, 5.74) is 3.76. The minimum atomic E-state index is 0.506. The second kappa shape index (κ2) is 8.45. The number of nitrogens with zero attached hydrogens (tertiary/aromatic N) is 3. The molecule has 1 heterocycles. The molecule has 0 aliphatic carbocycles. The Bertz CT molecular complexity index is 1090. The van der Waals surface area contributed by atoms with Crippen LogP contribution in [0.3, 0.4) is 0 Å². The Morgan fingerprint density at radius 3 is 1.83 bits per heavy atom. The van der Waals surface area contributed by atoms with Gasteiger partial charge < -0.3 is 4.90 Å². The van der Waals surface area contributed by atoms with Crippen LogP contribution in [-0.2, 0) is 20.1 Å². The third kappa shape index (κ3) is 4.19. The summed E-state index contributed by atoms with van der Waals surface area (Å²) >= 11 is 25.8. The summed E-state index contributed by atoms with van der Waals surface area (Å²) in [6.07, 6.45) is 1.85. The smallest absolute Gasteiger partial charge is 0.0680 e. The minimum absolute atomic E-state index is 0.506. The zero-order valence-electron chi connectivity index (χ0n) is 15.5. The van der Waals surface area contributed by atoms with E-state index in [0.29, 0.717) is 33.2 Å². The maximum atomic E-state index is 6.45. The predicted molar refractivity (Wildman–Crippen MR) is 124 cm³/mol. The van der Waals surface area contributed by atoms with Crippen molar-refractivity contribution < 1.29 is 0 Å². The minimum Gasteiger partial charge on any atom is -0.363 e. The van der Waals surface area contributed by atoms with Crippen molar-refractivity contribution in [1.29, 1.82) is 0 Å². The Labute approximate surface area is 189 Å². The molecule has 0 bridgehead atoms. The molecule has 0 saturated carbocycles. The molecule has 148 valence electrons. The van der Waals surface area contributed by atoms with E-state index in [1.807, 2.05) is 60.4 Å². The second-order valence-electron chi connectivity index (χ2n) is 6.77. The fourth-order valence-electron chi connectivity index (χ4n) is 3.33. The SMILES string of the molecule is Cn1ncc2cc(N(Cc3c(Cl)cccc3Cl)Cc3c(Cl)cccc3Cl)ccc21. The summed E-state index contributed by atoms with van der Waals surface area (Å²) in [4.78, 5) is 2.16. The van der Waals surface area contributed by atoms with Crippen molar-refractivity contribution in [2.45, 2.75) is 13.1 Å². The first-order valence-electron chi connectivity index (χ1n) is 8.96. The van der Waals surface area contributed by atoms with Crippen LogP contribution in [0.1, 0.15) is 11.1 Å². The highest BCUT2D eigenvalue weighted by atomic mass is 35.5. The number of rotatable bonds is 5. The lowest BCUT2D eigenvalue weighted by molar-refractivity contribution is 0.795. The number of aromatic nitrogens is 2. The van der Waals surface area contributed by atoms with Crippen molar-refractivity contribution in [3.8, 4) is 0 Å². The van der Waals surface area contributed by atoms with Crippen LogP contribution in [0.4, 0.5) is 5.69 Å². The largest absolute Gasteiger partial charge is 0.363 e. The van der Waals surface area contributed by atoms with Crippen molar-refractivity contribution in [2.24, 2.45) is 7.05 Å². The summed E-state index contributed by atoms with van der Waals surface area (Å²) in [7, 11) is 1.92. The lowest BCUT2D eigenvalue weighted by atomic mass is 10.1.